The molecule has 2 heteroatoms. The van der Waals surface area contributed by atoms with Gasteiger partial charge in [-0.2, -0.15) is 0 Å². The summed E-state index contributed by atoms with van der Waals surface area (Å²) in [5, 5.41) is 0. The molecule has 0 unspecified atom stereocenters. The van der Waals surface area contributed by atoms with Gasteiger partial charge >= 0.3 is 0 Å². The second kappa shape index (κ2) is 5.20. The molecule has 76 valence electrons. The van der Waals surface area contributed by atoms with E-state index >= 15 is 0 Å². The van der Waals surface area contributed by atoms with Crippen molar-refractivity contribution in [1.29, 1.82) is 0 Å². The maximum atomic E-state index is 5.62. The Bertz CT molecular complexity index is 331. The molecule has 0 aliphatic heterocycles. The Morgan fingerprint density at radius 3 is 2.79 bits per heavy atom. The molecule has 0 saturated carbocycles. The third-order valence-electron chi connectivity index (χ3n) is 1.92. The highest BCUT2D eigenvalue weighted by molar-refractivity contribution is 9.10. The number of ether oxygens (including phenoxy) is 1. The van der Waals surface area contributed by atoms with Gasteiger partial charge in [-0.1, -0.05) is 21.5 Å². The second-order valence-corrected chi connectivity index (χ2v) is 4.38. The monoisotopic (exact) mass is 254 g/mol. The quantitative estimate of drug-likeness (QED) is 0.736. The van der Waals surface area contributed by atoms with Crippen molar-refractivity contribution in [2.45, 2.75) is 20.3 Å². The van der Waals surface area contributed by atoms with Gasteiger partial charge in [0.25, 0.3) is 0 Å². The van der Waals surface area contributed by atoms with Gasteiger partial charge in [0.05, 0.1) is 6.61 Å². The summed E-state index contributed by atoms with van der Waals surface area (Å²) in [5.41, 5.74) is 2.31. The second-order valence-electron chi connectivity index (χ2n) is 3.47. The zero-order valence-electron chi connectivity index (χ0n) is 8.64. The van der Waals surface area contributed by atoms with Crippen molar-refractivity contribution in [3.63, 3.8) is 0 Å². The standard InChI is InChI=1S/C12H15BrO/c1-9(2)6-7-14-12-5-4-11(13)8-10(12)3/h4-5,8H,1,6-7H2,2-3H3. The molecular formula is C12H15BrO. The van der Waals surface area contributed by atoms with Crippen LogP contribution in [-0.2, 0) is 0 Å². The van der Waals surface area contributed by atoms with E-state index in [-0.39, 0.29) is 0 Å². The van der Waals surface area contributed by atoms with E-state index in [2.05, 4.69) is 28.6 Å². The predicted octanol–water partition coefficient (Wildman–Crippen LogP) is 4.10. The average molecular weight is 255 g/mol. The molecule has 0 aliphatic rings. The molecule has 0 fully saturated rings. The Labute approximate surface area is 93.9 Å². The summed E-state index contributed by atoms with van der Waals surface area (Å²) in [6.07, 6.45) is 0.912. The van der Waals surface area contributed by atoms with Crippen LogP contribution in [0.4, 0.5) is 0 Å². The predicted molar refractivity (Wildman–Crippen MR) is 63.8 cm³/mol. The molecule has 0 radical (unpaired) electrons. The van der Waals surface area contributed by atoms with Crippen molar-refractivity contribution in [2.24, 2.45) is 0 Å². The van der Waals surface area contributed by atoms with Crippen LogP contribution in [0.3, 0.4) is 0 Å². The lowest BCUT2D eigenvalue weighted by molar-refractivity contribution is 0.319. The normalized spacial score (nSPS) is 9.93. The van der Waals surface area contributed by atoms with Crippen LogP contribution in [0.5, 0.6) is 5.75 Å². The molecular weight excluding hydrogens is 240 g/mol. The third kappa shape index (κ3) is 3.54. The highest BCUT2D eigenvalue weighted by atomic mass is 79.9. The van der Waals surface area contributed by atoms with Gasteiger partial charge < -0.3 is 4.74 Å². The van der Waals surface area contributed by atoms with Crippen LogP contribution >= 0.6 is 15.9 Å². The first-order valence-corrected chi connectivity index (χ1v) is 5.42. The third-order valence-corrected chi connectivity index (χ3v) is 2.42. The lowest BCUT2D eigenvalue weighted by atomic mass is 10.2. The summed E-state index contributed by atoms with van der Waals surface area (Å²) in [6.45, 7) is 8.60. The Morgan fingerprint density at radius 2 is 2.21 bits per heavy atom. The highest BCUT2D eigenvalue weighted by Crippen LogP contribution is 2.22. The molecule has 0 heterocycles. The van der Waals surface area contributed by atoms with Crippen LogP contribution in [0.1, 0.15) is 18.9 Å². The molecule has 0 saturated heterocycles. The Morgan fingerprint density at radius 1 is 1.50 bits per heavy atom. The lowest BCUT2D eigenvalue weighted by Crippen LogP contribution is -1.98. The zero-order valence-corrected chi connectivity index (χ0v) is 10.2. The lowest BCUT2D eigenvalue weighted by Gasteiger charge is -2.08. The number of benzene rings is 1. The molecule has 1 nitrogen and oxygen atoms in total. The fourth-order valence-electron chi connectivity index (χ4n) is 1.11. The van der Waals surface area contributed by atoms with E-state index in [0.29, 0.717) is 6.61 Å². The van der Waals surface area contributed by atoms with Gasteiger partial charge in [0.1, 0.15) is 5.75 Å². The highest BCUT2D eigenvalue weighted by Gasteiger charge is 1.99. The number of halogens is 1. The number of rotatable bonds is 4. The van der Waals surface area contributed by atoms with E-state index < -0.39 is 0 Å². The minimum Gasteiger partial charge on any atom is -0.493 e. The Kier molecular flexibility index (Phi) is 4.21. The minimum absolute atomic E-state index is 0.706. The largest absolute Gasteiger partial charge is 0.493 e. The van der Waals surface area contributed by atoms with Crippen LogP contribution in [0.2, 0.25) is 0 Å². The van der Waals surface area contributed by atoms with Crippen LogP contribution in [-0.4, -0.2) is 6.61 Å². The molecule has 1 rings (SSSR count). The molecule has 1 aromatic carbocycles. The molecule has 0 spiro atoms. The van der Waals surface area contributed by atoms with Crippen molar-refractivity contribution >= 4 is 15.9 Å². The number of hydrogen-bond acceptors (Lipinski definition) is 1. The molecule has 0 N–H and O–H groups in total. The van der Waals surface area contributed by atoms with Gasteiger partial charge in [-0.15, -0.1) is 6.58 Å². The topological polar surface area (TPSA) is 9.23 Å². The first-order valence-electron chi connectivity index (χ1n) is 4.63. The fourth-order valence-corrected chi connectivity index (χ4v) is 1.59. The number of hydrogen-bond donors (Lipinski definition) is 0. The maximum absolute atomic E-state index is 5.62. The van der Waals surface area contributed by atoms with Crippen LogP contribution < -0.4 is 4.74 Å². The van der Waals surface area contributed by atoms with Crippen LogP contribution in [0.15, 0.2) is 34.8 Å². The van der Waals surface area contributed by atoms with E-state index in [0.717, 1.165) is 27.8 Å². The van der Waals surface area contributed by atoms with Gasteiger partial charge in [0.15, 0.2) is 0 Å². The summed E-state index contributed by atoms with van der Waals surface area (Å²) < 4.78 is 6.71. The molecule has 0 atom stereocenters. The number of aryl methyl sites for hydroxylation is 1. The van der Waals surface area contributed by atoms with E-state index in [1.807, 2.05) is 26.0 Å². The maximum Gasteiger partial charge on any atom is 0.122 e. The van der Waals surface area contributed by atoms with Gasteiger partial charge in [-0.05, 0) is 37.6 Å². The van der Waals surface area contributed by atoms with Gasteiger partial charge in [-0.25, -0.2) is 0 Å². The average Bonchev–Trinajstić information content (AvgIpc) is 2.08. The van der Waals surface area contributed by atoms with Gasteiger partial charge in [0.2, 0.25) is 0 Å². The summed E-state index contributed by atoms with van der Waals surface area (Å²) in [4.78, 5) is 0. The molecule has 0 aliphatic carbocycles. The van der Waals surface area contributed by atoms with E-state index in [9.17, 15) is 0 Å². The van der Waals surface area contributed by atoms with E-state index in [4.69, 9.17) is 4.74 Å². The first-order chi connectivity index (χ1) is 6.59. The summed E-state index contributed by atoms with van der Waals surface area (Å²) in [6, 6.07) is 6.02. The molecule has 14 heavy (non-hydrogen) atoms. The molecule has 0 aromatic heterocycles. The fraction of sp³-hybridized carbons (Fsp3) is 0.333. The minimum atomic E-state index is 0.706. The van der Waals surface area contributed by atoms with Crippen molar-refractivity contribution in [2.75, 3.05) is 6.61 Å². The van der Waals surface area contributed by atoms with E-state index in [1.165, 1.54) is 0 Å². The van der Waals surface area contributed by atoms with Crippen LogP contribution in [0.25, 0.3) is 0 Å². The van der Waals surface area contributed by atoms with Crippen molar-refractivity contribution < 1.29 is 4.74 Å². The van der Waals surface area contributed by atoms with Gasteiger partial charge in [-0.3, -0.25) is 0 Å². The van der Waals surface area contributed by atoms with Crippen molar-refractivity contribution in [3.8, 4) is 5.75 Å². The van der Waals surface area contributed by atoms with Crippen LogP contribution in [0, 0.1) is 6.92 Å². The summed E-state index contributed by atoms with van der Waals surface area (Å²) >= 11 is 3.42. The molecule has 0 amide bonds. The SMILES string of the molecule is C=C(C)CCOc1ccc(Br)cc1C. The Hall–Kier alpha value is -0.760. The molecule has 1 aromatic rings. The summed E-state index contributed by atoms with van der Waals surface area (Å²) in [5.74, 6) is 0.953. The molecule has 0 bridgehead atoms. The smallest absolute Gasteiger partial charge is 0.122 e. The first kappa shape index (κ1) is 11.3. The Balaban J connectivity index is 2.55. The van der Waals surface area contributed by atoms with Crippen molar-refractivity contribution in [3.05, 3.63) is 40.4 Å². The zero-order chi connectivity index (χ0) is 10.6. The summed E-state index contributed by atoms with van der Waals surface area (Å²) in [7, 11) is 0. The van der Waals surface area contributed by atoms with Crippen molar-refractivity contribution in [1.82, 2.24) is 0 Å². The van der Waals surface area contributed by atoms with E-state index in [1.54, 1.807) is 0 Å². The van der Waals surface area contributed by atoms with Gasteiger partial charge in [0, 0.05) is 10.9 Å².